The summed E-state index contributed by atoms with van der Waals surface area (Å²) in [6, 6.07) is 0. The summed E-state index contributed by atoms with van der Waals surface area (Å²) in [7, 11) is 0. The molecule has 0 amide bonds. The first-order valence-corrected chi connectivity index (χ1v) is 1.72. The van der Waals surface area contributed by atoms with E-state index >= 15 is 0 Å². The van der Waals surface area contributed by atoms with E-state index < -0.39 is 0 Å². The Morgan fingerprint density at radius 3 is 1.50 bits per heavy atom. The zero-order chi connectivity index (χ0) is 2.99. The van der Waals surface area contributed by atoms with E-state index in [1.165, 1.54) is 12.8 Å². The van der Waals surface area contributed by atoms with Crippen molar-refractivity contribution in [3.05, 3.63) is 14.4 Å². The van der Waals surface area contributed by atoms with Gasteiger partial charge in [0.05, 0.1) is 0 Å². The molecule has 0 heterocycles. The van der Waals surface area contributed by atoms with Gasteiger partial charge in [0.15, 0.2) is 0 Å². The second kappa shape index (κ2) is 2.25. The maximum Gasteiger partial charge on any atom is 0 e. The first kappa shape index (κ1) is 8.89. The van der Waals surface area contributed by atoms with Crippen LogP contribution in [0.3, 0.4) is 0 Å². The van der Waals surface area contributed by atoms with Crippen LogP contribution in [-0.4, -0.2) is 0 Å². The topological polar surface area (TPSA) is 0 Å². The maximum absolute atomic E-state index is 3.75. The molecule has 0 N–H and O–H groups in total. The Morgan fingerprint density at radius 2 is 1.50 bits per heavy atom. The van der Waals surface area contributed by atoms with Gasteiger partial charge in [-0.15, -0.1) is 0 Å². The fourth-order valence-corrected chi connectivity index (χ4v) is 0.118. The standard InChI is InChI=1S/C4H7.CH3.Rf/c1-4-2-3-4;;/h4H,1-3H2;1H3;/q2*-1;. The quantitative estimate of drug-likeness (QED) is 0.590. The second-order valence-electron chi connectivity index (χ2n) is 1.44. The molecule has 0 spiro atoms. The van der Waals surface area contributed by atoms with Crippen molar-refractivity contribution < 1.29 is 0 Å². The third-order valence-electron chi connectivity index (χ3n) is 0.697. The van der Waals surface area contributed by atoms with Gasteiger partial charge < -0.3 is 14.4 Å². The Labute approximate surface area is 34.2 Å². The molecule has 0 aromatic heterocycles. The van der Waals surface area contributed by atoms with Crippen molar-refractivity contribution in [2.75, 3.05) is 0 Å². The molecule has 0 aromatic carbocycles. The van der Waals surface area contributed by atoms with Crippen LogP contribution in [0.1, 0.15) is 12.8 Å². The molecule has 0 bridgehead atoms. The third kappa shape index (κ3) is 3.00. The minimum absolute atomic E-state index is 0. The zero-order valence-electron chi connectivity index (χ0n) is 4.41. The summed E-state index contributed by atoms with van der Waals surface area (Å²) < 4.78 is 0. The molecule has 1 saturated carbocycles. The largest absolute Gasteiger partial charge is 0.358 e. The van der Waals surface area contributed by atoms with Gasteiger partial charge >= 0.3 is 0 Å². The summed E-state index contributed by atoms with van der Waals surface area (Å²) in [5.41, 5.74) is 0. The molecule has 0 saturated heterocycles. The van der Waals surface area contributed by atoms with E-state index in [-0.39, 0.29) is 7.43 Å². The van der Waals surface area contributed by atoms with Gasteiger partial charge in [0.2, 0.25) is 0 Å². The number of hydrogen-bond acceptors (Lipinski definition) is 0. The summed E-state index contributed by atoms with van der Waals surface area (Å²) in [4.78, 5) is 0. The van der Waals surface area contributed by atoms with Gasteiger partial charge in [-0.25, -0.2) is 0 Å². The van der Waals surface area contributed by atoms with Crippen LogP contribution in [0.2, 0.25) is 0 Å². The van der Waals surface area contributed by atoms with E-state index in [4.69, 9.17) is 0 Å². The van der Waals surface area contributed by atoms with Crippen LogP contribution in [0.4, 0.5) is 0 Å². The van der Waals surface area contributed by atoms with Gasteiger partial charge in [-0.2, -0.15) is 5.92 Å². The average Bonchev–Trinajstić information content (AvgIpc) is 1.75. The van der Waals surface area contributed by atoms with Gasteiger partial charge in [-0.3, -0.25) is 0 Å². The Balaban J connectivity index is 0. The molecule has 0 aliphatic heterocycles. The smallest absolute Gasteiger partial charge is 0 e. The van der Waals surface area contributed by atoms with Crippen molar-refractivity contribution >= 4 is 0 Å². The minimum Gasteiger partial charge on any atom is -0.358 e. The van der Waals surface area contributed by atoms with E-state index in [0.717, 1.165) is 5.92 Å². The van der Waals surface area contributed by atoms with E-state index in [1.807, 2.05) is 0 Å². The molecule has 34 valence electrons. The average molecular weight is 337 g/mol. The molecule has 6 heavy (non-hydrogen) atoms. The number of rotatable bonds is 0. The van der Waals surface area contributed by atoms with Crippen molar-refractivity contribution in [3.63, 3.8) is 0 Å². The summed E-state index contributed by atoms with van der Waals surface area (Å²) in [6.07, 6.45) is 2.75. The van der Waals surface area contributed by atoms with Crippen molar-refractivity contribution in [1.82, 2.24) is 0 Å². The molecular formula is C5H10Rf-2. The second-order valence-corrected chi connectivity index (χ2v) is 1.44. The van der Waals surface area contributed by atoms with E-state index in [1.54, 1.807) is 0 Å². The normalized spacial score (nSPS) is 17.5. The Hall–Kier alpha value is -1.00. The van der Waals surface area contributed by atoms with Gasteiger partial charge in [-0.05, 0) is 0 Å². The van der Waals surface area contributed by atoms with Crippen LogP contribution in [0, 0.1) is 20.3 Å². The Kier molecular flexibility index (Phi) is 3.33. The fourth-order valence-electron chi connectivity index (χ4n) is 0.118. The summed E-state index contributed by atoms with van der Waals surface area (Å²) in [6.45, 7) is 3.75. The first-order chi connectivity index (χ1) is 1.89. The minimum atomic E-state index is 0. The molecule has 1 fully saturated rings. The summed E-state index contributed by atoms with van der Waals surface area (Å²) in [5, 5.41) is 0. The van der Waals surface area contributed by atoms with Crippen molar-refractivity contribution in [1.29, 1.82) is 0 Å². The van der Waals surface area contributed by atoms with Crippen LogP contribution in [0.5, 0.6) is 0 Å². The van der Waals surface area contributed by atoms with E-state index in [9.17, 15) is 0 Å². The summed E-state index contributed by atoms with van der Waals surface area (Å²) >= 11 is 0. The fraction of sp³-hybridized carbons (Fsp3) is 0.600. The molecule has 0 radical (unpaired) electrons. The Morgan fingerprint density at radius 1 is 1.33 bits per heavy atom. The van der Waals surface area contributed by atoms with Crippen LogP contribution in [0.15, 0.2) is 0 Å². The molecule has 0 unspecified atom stereocenters. The number of hydrogen-bond donors (Lipinski definition) is 0. The Bertz CT molecular complexity index is 23.1. The molecule has 1 rings (SSSR count). The van der Waals surface area contributed by atoms with E-state index in [2.05, 4.69) is 6.92 Å². The van der Waals surface area contributed by atoms with Crippen molar-refractivity contribution in [2.45, 2.75) is 12.8 Å². The first-order valence-electron chi connectivity index (χ1n) is 1.72. The van der Waals surface area contributed by atoms with Crippen molar-refractivity contribution in [2.24, 2.45) is 5.92 Å². The molecule has 0 nitrogen and oxygen atoms in total. The zero-order valence-corrected chi connectivity index (χ0v) is 10.8. The van der Waals surface area contributed by atoms with Crippen LogP contribution in [0.25, 0.3) is 0 Å². The van der Waals surface area contributed by atoms with Crippen LogP contribution < -0.4 is 0 Å². The van der Waals surface area contributed by atoms with Crippen molar-refractivity contribution in [3.8, 4) is 0 Å². The molecule has 1 heteroatoms. The molecule has 0 aromatic rings. The van der Waals surface area contributed by atoms with Gasteiger partial charge in [-0.1, -0.05) is 12.8 Å². The SMILES string of the molecule is [CH2-]C1CC1.[CH3-].[Rf]. The van der Waals surface area contributed by atoms with Crippen LogP contribution >= 0.6 is 0 Å². The molecule has 0 atom stereocenters. The third-order valence-corrected chi connectivity index (χ3v) is 0.697. The molecule has 1 aliphatic carbocycles. The predicted molar refractivity (Wildman–Crippen MR) is 24.5 cm³/mol. The van der Waals surface area contributed by atoms with E-state index in [0.29, 0.717) is 0 Å². The molecular weight excluding hydrogens is 327 g/mol. The van der Waals surface area contributed by atoms with Gasteiger partial charge in [0.25, 0.3) is 0 Å². The predicted octanol–water partition coefficient (Wildman–Crippen LogP) is 1.68. The molecule has 1 aliphatic rings. The maximum atomic E-state index is 3.75. The monoisotopic (exact) mass is 337 g/mol. The summed E-state index contributed by atoms with van der Waals surface area (Å²) in [5.74, 6) is 0.833. The van der Waals surface area contributed by atoms with Gasteiger partial charge in [0, 0.05) is 0 Å². The van der Waals surface area contributed by atoms with Crippen LogP contribution in [-0.2, 0) is 0 Å². The van der Waals surface area contributed by atoms with Gasteiger partial charge in [0.1, 0.15) is 0 Å².